The quantitative estimate of drug-likeness (QED) is 0.533. The molecule has 0 saturated heterocycles. The maximum Gasteiger partial charge on any atom is 0.258 e. The van der Waals surface area contributed by atoms with E-state index in [2.05, 4.69) is 0 Å². The highest BCUT2D eigenvalue weighted by Gasteiger charge is 2.39. The highest BCUT2D eigenvalue weighted by molar-refractivity contribution is 7.10. The van der Waals surface area contributed by atoms with Crippen LogP contribution in [0.3, 0.4) is 0 Å². The van der Waals surface area contributed by atoms with E-state index < -0.39 is 0 Å². The molecule has 1 unspecified atom stereocenters. The van der Waals surface area contributed by atoms with E-state index in [4.69, 9.17) is 4.74 Å². The number of ether oxygens (including phenoxy) is 1. The molecule has 1 atom stereocenters. The van der Waals surface area contributed by atoms with Gasteiger partial charge in [0.15, 0.2) is 0 Å². The van der Waals surface area contributed by atoms with Gasteiger partial charge >= 0.3 is 0 Å². The molecule has 1 aromatic heterocycles. The highest BCUT2D eigenvalue weighted by Crippen LogP contribution is 2.38. The van der Waals surface area contributed by atoms with Crippen molar-refractivity contribution in [3.63, 3.8) is 0 Å². The fourth-order valence-electron chi connectivity index (χ4n) is 4.56. The minimum Gasteiger partial charge on any atom is -0.496 e. The smallest absolute Gasteiger partial charge is 0.258 e. The van der Waals surface area contributed by atoms with Crippen molar-refractivity contribution in [2.45, 2.75) is 31.3 Å². The molecule has 5 rings (SSSR count). The van der Waals surface area contributed by atoms with E-state index in [1.165, 1.54) is 24.1 Å². The zero-order valence-corrected chi connectivity index (χ0v) is 19.2. The molecule has 0 bridgehead atoms. The van der Waals surface area contributed by atoms with Crippen molar-refractivity contribution in [3.8, 4) is 5.75 Å². The van der Waals surface area contributed by atoms with Gasteiger partial charge in [0.25, 0.3) is 5.91 Å². The topological polar surface area (TPSA) is 49.9 Å². The van der Waals surface area contributed by atoms with Crippen molar-refractivity contribution in [1.82, 2.24) is 9.80 Å². The van der Waals surface area contributed by atoms with E-state index in [-0.39, 0.29) is 36.3 Å². The van der Waals surface area contributed by atoms with Gasteiger partial charge in [-0.25, -0.2) is 4.39 Å². The third kappa shape index (κ3) is 4.25. The van der Waals surface area contributed by atoms with Crippen molar-refractivity contribution in [2.24, 2.45) is 0 Å². The Kier molecular flexibility index (Phi) is 5.89. The van der Waals surface area contributed by atoms with Gasteiger partial charge in [0.1, 0.15) is 18.1 Å². The number of para-hydroxylation sites is 1. The van der Waals surface area contributed by atoms with Gasteiger partial charge in [0.05, 0.1) is 18.7 Å². The third-order valence-corrected chi connectivity index (χ3v) is 7.36. The van der Waals surface area contributed by atoms with Gasteiger partial charge in [-0.15, -0.1) is 11.3 Å². The fraction of sp³-hybridized carbons (Fsp3) is 0.308. The van der Waals surface area contributed by atoms with Crippen LogP contribution in [0.5, 0.6) is 5.75 Å². The average Bonchev–Trinajstić information content (AvgIpc) is 3.57. The van der Waals surface area contributed by atoms with Gasteiger partial charge in [-0.2, -0.15) is 0 Å². The Morgan fingerprint density at radius 3 is 2.61 bits per heavy atom. The van der Waals surface area contributed by atoms with Crippen LogP contribution in [-0.2, 0) is 11.2 Å². The summed E-state index contributed by atoms with van der Waals surface area (Å²) in [7, 11) is 1.54. The molecular weight excluding hydrogens is 439 g/mol. The number of hydrogen-bond acceptors (Lipinski definition) is 4. The first-order chi connectivity index (χ1) is 16.1. The molecule has 0 N–H and O–H groups in total. The summed E-state index contributed by atoms with van der Waals surface area (Å²) in [6.07, 6.45) is 2.56. The first-order valence-electron chi connectivity index (χ1n) is 11.1. The third-order valence-electron chi connectivity index (χ3n) is 6.36. The van der Waals surface area contributed by atoms with E-state index in [0.717, 1.165) is 30.4 Å². The van der Waals surface area contributed by atoms with Gasteiger partial charge in [0.2, 0.25) is 5.91 Å². The maximum absolute atomic E-state index is 13.6. The Bertz CT molecular complexity index is 1170. The van der Waals surface area contributed by atoms with Crippen LogP contribution >= 0.6 is 11.3 Å². The van der Waals surface area contributed by atoms with Crippen LogP contribution in [0, 0.1) is 5.82 Å². The van der Waals surface area contributed by atoms with Crippen LogP contribution in [0.2, 0.25) is 0 Å². The van der Waals surface area contributed by atoms with Gasteiger partial charge in [-0.05, 0) is 66.1 Å². The molecule has 5 nitrogen and oxygen atoms in total. The van der Waals surface area contributed by atoms with Crippen molar-refractivity contribution in [1.29, 1.82) is 0 Å². The van der Waals surface area contributed by atoms with E-state index in [1.807, 2.05) is 22.4 Å². The molecule has 7 heteroatoms. The number of methoxy groups -OCH3 is 1. The molecule has 1 aliphatic heterocycles. The summed E-state index contributed by atoms with van der Waals surface area (Å²) < 4.78 is 19.0. The minimum atomic E-state index is -0.305. The van der Waals surface area contributed by atoms with Gasteiger partial charge < -0.3 is 14.5 Å². The highest BCUT2D eigenvalue weighted by atomic mass is 32.1. The van der Waals surface area contributed by atoms with E-state index in [0.29, 0.717) is 17.9 Å². The molecule has 1 saturated carbocycles. The van der Waals surface area contributed by atoms with Gasteiger partial charge in [-0.1, -0.05) is 24.3 Å². The second-order valence-electron chi connectivity index (χ2n) is 8.45. The number of fused-ring (bicyclic) bond motifs is 1. The summed E-state index contributed by atoms with van der Waals surface area (Å²) in [5.74, 6) is -0.0860. The lowest BCUT2D eigenvalue weighted by Crippen LogP contribution is -2.47. The Hall–Kier alpha value is -3.19. The summed E-state index contributed by atoms with van der Waals surface area (Å²) in [5, 5.41) is 2.04. The number of benzene rings is 2. The first kappa shape index (κ1) is 21.6. The van der Waals surface area contributed by atoms with E-state index in [1.54, 1.807) is 46.6 Å². The first-order valence-corrected chi connectivity index (χ1v) is 12.0. The summed E-state index contributed by atoms with van der Waals surface area (Å²) >= 11 is 1.69. The molecule has 2 aromatic carbocycles. The fourth-order valence-corrected chi connectivity index (χ4v) is 5.46. The summed E-state index contributed by atoms with van der Waals surface area (Å²) in [5.41, 5.74) is 2.42. The number of carbonyl (C=O) groups is 2. The number of hydrogen-bond donors (Lipinski definition) is 0. The predicted molar refractivity (Wildman–Crippen MR) is 125 cm³/mol. The minimum absolute atomic E-state index is 0.0126. The molecule has 2 aliphatic rings. The Morgan fingerprint density at radius 2 is 1.88 bits per heavy atom. The molecule has 170 valence electrons. The molecule has 0 spiro atoms. The standard InChI is InChI=1S/C26H25FN2O3S/c1-32-22-5-3-2-4-20(22)26(31)29(19-10-11-19)16-24(30)28-14-12-23-21(13-15-33-23)25(28)17-6-8-18(27)9-7-17/h2-9,13,15,19,25H,10-12,14,16H2,1H3. The van der Waals surface area contributed by atoms with Crippen LogP contribution in [0.15, 0.2) is 60.0 Å². The van der Waals surface area contributed by atoms with Gasteiger partial charge in [-0.3, -0.25) is 9.59 Å². The lowest BCUT2D eigenvalue weighted by atomic mass is 9.93. The summed E-state index contributed by atoms with van der Waals surface area (Å²) in [4.78, 5) is 31.8. The monoisotopic (exact) mass is 464 g/mol. The van der Waals surface area contributed by atoms with Crippen LogP contribution in [0.25, 0.3) is 0 Å². The lowest BCUT2D eigenvalue weighted by Gasteiger charge is -2.37. The van der Waals surface area contributed by atoms with Crippen LogP contribution in [0.4, 0.5) is 4.39 Å². The number of rotatable bonds is 6. The molecule has 1 aliphatic carbocycles. The lowest BCUT2D eigenvalue weighted by molar-refractivity contribution is -0.134. The number of carbonyl (C=O) groups excluding carboxylic acids is 2. The zero-order valence-electron chi connectivity index (χ0n) is 18.4. The number of nitrogens with zero attached hydrogens (tertiary/aromatic N) is 2. The van der Waals surface area contributed by atoms with Gasteiger partial charge in [0, 0.05) is 17.5 Å². The average molecular weight is 465 g/mol. The molecule has 2 heterocycles. The molecule has 0 radical (unpaired) electrons. The number of halogens is 1. The second-order valence-corrected chi connectivity index (χ2v) is 9.46. The van der Waals surface area contributed by atoms with E-state index in [9.17, 15) is 14.0 Å². The summed E-state index contributed by atoms with van der Waals surface area (Å²) in [6, 6.07) is 15.3. The molecule has 3 aromatic rings. The molecule has 2 amide bonds. The Morgan fingerprint density at radius 1 is 1.12 bits per heavy atom. The predicted octanol–water partition coefficient (Wildman–Crippen LogP) is 4.67. The summed E-state index contributed by atoms with van der Waals surface area (Å²) in [6.45, 7) is 0.578. The van der Waals surface area contributed by atoms with Crippen LogP contribution in [-0.4, -0.2) is 47.9 Å². The Balaban J connectivity index is 1.43. The zero-order chi connectivity index (χ0) is 22.9. The van der Waals surface area contributed by atoms with Crippen molar-refractivity contribution in [3.05, 3.63) is 87.4 Å². The number of amides is 2. The van der Waals surface area contributed by atoms with Crippen LogP contribution in [0.1, 0.15) is 45.2 Å². The molecule has 33 heavy (non-hydrogen) atoms. The number of thiophene rings is 1. The van der Waals surface area contributed by atoms with Crippen LogP contribution < -0.4 is 4.74 Å². The largest absolute Gasteiger partial charge is 0.496 e. The normalized spacial score (nSPS) is 17.4. The van der Waals surface area contributed by atoms with Crippen molar-refractivity contribution >= 4 is 23.2 Å². The van der Waals surface area contributed by atoms with E-state index >= 15 is 0 Å². The van der Waals surface area contributed by atoms with Crippen molar-refractivity contribution in [2.75, 3.05) is 20.2 Å². The SMILES string of the molecule is COc1ccccc1C(=O)N(CC(=O)N1CCc2sccc2C1c1ccc(F)cc1)C1CC1. The van der Waals surface area contributed by atoms with Crippen molar-refractivity contribution < 1.29 is 18.7 Å². The Labute approximate surface area is 196 Å². The molecular formula is C26H25FN2O3S. The molecule has 1 fully saturated rings. The second kappa shape index (κ2) is 8.98. The maximum atomic E-state index is 13.6.